The molecule has 3 aromatic rings. The summed E-state index contributed by atoms with van der Waals surface area (Å²) >= 11 is 0. The van der Waals surface area contributed by atoms with Crippen LogP contribution in [-0.2, 0) is 10.0 Å². The van der Waals surface area contributed by atoms with Crippen LogP contribution in [0.25, 0.3) is 5.78 Å². The normalized spacial score (nSPS) is 11.7. The summed E-state index contributed by atoms with van der Waals surface area (Å²) in [5.41, 5.74) is 1.83. The Hall–Kier alpha value is -3.01. The van der Waals surface area contributed by atoms with Gasteiger partial charge in [-0.25, -0.2) is 14.3 Å². The number of fused-ring (bicyclic) bond motifs is 1. The van der Waals surface area contributed by atoms with Crippen LogP contribution in [0, 0.1) is 20.8 Å². The van der Waals surface area contributed by atoms with Crippen LogP contribution < -0.4 is 4.31 Å². The van der Waals surface area contributed by atoms with Gasteiger partial charge in [-0.3, -0.25) is 4.31 Å². The molecular formula is C16H17N5O4S. The molecule has 2 aromatic heterocycles. The molecule has 0 bridgehead atoms. The van der Waals surface area contributed by atoms with Crippen LogP contribution in [0.15, 0.2) is 29.4 Å². The standard InChI is InChI=1S/C16H17N5O4S/c1-9-6-5-7-12(14(22)23)13(9)20(4)26(24,25)16-18-15-17-10(2)8-11(3)21(15)19-16/h5-8H,1-4H3,(H,22,23). The maximum atomic E-state index is 13.0. The number of hydrogen-bond acceptors (Lipinski definition) is 6. The van der Waals surface area contributed by atoms with Gasteiger partial charge in [0.25, 0.3) is 10.9 Å². The second-order valence-electron chi connectivity index (χ2n) is 5.89. The fourth-order valence-electron chi connectivity index (χ4n) is 2.75. The molecule has 0 aliphatic heterocycles. The Labute approximate surface area is 150 Å². The molecule has 1 N–H and O–H groups in total. The number of rotatable bonds is 4. The molecular weight excluding hydrogens is 358 g/mol. The molecule has 0 spiro atoms. The van der Waals surface area contributed by atoms with Crippen molar-refractivity contribution >= 4 is 27.5 Å². The number of hydrogen-bond donors (Lipinski definition) is 1. The molecule has 0 fully saturated rings. The first-order chi connectivity index (χ1) is 12.1. The SMILES string of the molecule is Cc1cc(C)n2nc(S(=O)(=O)N(C)c3c(C)cccc3C(=O)O)nc2n1. The first-order valence-corrected chi connectivity index (χ1v) is 9.10. The highest BCUT2D eigenvalue weighted by molar-refractivity contribution is 7.92. The number of carbonyl (C=O) groups is 1. The first kappa shape index (κ1) is 17.8. The van der Waals surface area contributed by atoms with Gasteiger partial charge in [0.15, 0.2) is 0 Å². The Kier molecular flexibility index (Phi) is 4.15. The highest BCUT2D eigenvalue weighted by atomic mass is 32.2. The Bertz CT molecular complexity index is 1140. The number of aryl methyl sites for hydroxylation is 3. The van der Waals surface area contributed by atoms with Crippen LogP contribution in [0.4, 0.5) is 5.69 Å². The largest absolute Gasteiger partial charge is 0.478 e. The van der Waals surface area contributed by atoms with Crippen LogP contribution in [0.3, 0.4) is 0 Å². The fourth-order valence-corrected chi connectivity index (χ4v) is 3.86. The van der Waals surface area contributed by atoms with E-state index in [0.29, 0.717) is 17.0 Å². The lowest BCUT2D eigenvalue weighted by atomic mass is 10.1. The molecule has 0 saturated heterocycles. The molecule has 0 unspecified atom stereocenters. The third-order valence-electron chi connectivity index (χ3n) is 3.97. The Morgan fingerprint density at radius 1 is 1.19 bits per heavy atom. The highest BCUT2D eigenvalue weighted by Crippen LogP contribution is 2.28. The summed E-state index contributed by atoms with van der Waals surface area (Å²) in [5, 5.41) is 13.0. The number of carboxylic acids is 1. The summed E-state index contributed by atoms with van der Waals surface area (Å²) in [4.78, 5) is 19.7. The van der Waals surface area contributed by atoms with Crippen molar-refractivity contribution in [3.05, 3.63) is 46.8 Å². The molecule has 0 atom stereocenters. The predicted molar refractivity (Wildman–Crippen MR) is 94.0 cm³/mol. The molecule has 0 radical (unpaired) electrons. The molecule has 0 saturated carbocycles. The zero-order valence-electron chi connectivity index (χ0n) is 14.6. The third kappa shape index (κ3) is 2.77. The lowest BCUT2D eigenvalue weighted by Crippen LogP contribution is -2.30. The average Bonchev–Trinajstić information content (AvgIpc) is 2.99. The van der Waals surface area contributed by atoms with Crippen molar-refractivity contribution in [2.24, 2.45) is 0 Å². The summed E-state index contributed by atoms with van der Waals surface area (Å²) in [6.45, 7) is 5.18. The lowest BCUT2D eigenvalue weighted by molar-refractivity contribution is 0.0697. The van der Waals surface area contributed by atoms with Crippen LogP contribution in [0.5, 0.6) is 0 Å². The van der Waals surface area contributed by atoms with Gasteiger partial charge >= 0.3 is 16.0 Å². The van der Waals surface area contributed by atoms with Gasteiger partial charge in [-0.1, -0.05) is 12.1 Å². The average molecular weight is 375 g/mol. The molecule has 1 aromatic carbocycles. The summed E-state index contributed by atoms with van der Waals surface area (Å²) in [5.74, 6) is -1.06. The van der Waals surface area contributed by atoms with Gasteiger partial charge in [-0.2, -0.15) is 13.4 Å². The van der Waals surface area contributed by atoms with Gasteiger partial charge in [0.05, 0.1) is 11.3 Å². The molecule has 3 rings (SSSR count). The number of sulfonamides is 1. The number of nitrogens with zero attached hydrogens (tertiary/aromatic N) is 5. The van der Waals surface area contributed by atoms with Crippen LogP contribution in [-0.4, -0.2) is 46.1 Å². The summed E-state index contributed by atoms with van der Waals surface area (Å²) in [7, 11) is -2.90. The van der Waals surface area contributed by atoms with E-state index in [1.54, 1.807) is 39.0 Å². The molecule has 0 amide bonds. The number of anilines is 1. The van der Waals surface area contributed by atoms with Gasteiger partial charge in [-0.05, 0) is 38.5 Å². The molecule has 10 heteroatoms. The molecule has 9 nitrogen and oxygen atoms in total. The van der Waals surface area contributed by atoms with Crippen molar-refractivity contribution in [1.82, 2.24) is 19.6 Å². The van der Waals surface area contributed by atoms with Crippen molar-refractivity contribution in [1.29, 1.82) is 0 Å². The number of benzene rings is 1. The summed E-state index contributed by atoms with van der Waals surface area (Å²) < 4.78 is 28.2. The fraction of sp³-hybridized carbons (Fsp3) is 0.250. The lowest BCUT2D eigenvalue weighted by Gasteiger charge is -2.21. The van der Waals surface area contributed by atoms with E-state index in [1.807, 2.05) is 0 Å². The topological polar surface area (TPSA) is 118 Å². The van der Waals surface area contributed by atoms with E-state index in [1.165, 1.54) is 17.6 Å². The van der Waals surface area contributed by atoms with Crippen LogP contribution in [0.1, 0.15) is 27.3 Å². The predicted octanol–water partition coefficient (Wildman–Crippen LogP) is 1.57. The Balaban J connectivity index is 2.18. The third-order valence-corrected chi connectivity index (χ3v) is 5.51. The van der Waals surface area contributed by atoms with E-state index in [9.17, 15) is 18.3 Å². The van der Waals surface area contributed by atoms with Gasteiger partial charge in [0.1, 0.15) is 0 Å². The van der Waals surface area contributed by atoms with E-state index < -0.39 is 21.1 Å². The van der Waals surface area contributed by atoms with Gasteiger partial charge in [0, 0.05) is 18.4 Å². The summed E-state index contributed by atoms with van der Waals surface area (Å²) in [6, 6.07) is 6.30. The Morgan fingerprint density at radius 2 is 1.88 bits per heavy atom. The van der Waals surface area contributed by atoms with E-state index in [-0.39, 0.29) is 17.0 Å². The minimum absolute atomic E-state index is 0.0692. The van der Waals surface area contributed by atoms with Gasteiger partial charge in [0.2, 0.25) is 0 Å². The minimum Gasteiger partial charge on any atom is -0.478 e. The van der Waals surface area contributed by atoms with E-state index in [0.717, 1.165) is 4.31 Å². The number of para-hydroxylation sites is 1. The van der Waals surface area contributed by atoms with Crippen LogP contribution >= 0.6 is 0 Å². The van der Waals surface area contributed by atoms with Crippen molar-refractivity contribution in [3.8, 4) is 0 Å². The van der Waals surface area contributed by atoms with Crippen molar-refractivity contribution in [2.75, 3.05) is 11.4 Å². The highest BCUT2D eigenvalue weighted by Gasteiger charge is 2.30. The zero-order valence-corrected chi connectivity index (χ0v) is 15.4. The molecule has 136 valence electrons. The maximum absolute atomic E-state index is 13.0. The zero-order chi connectivity index (χ0) is 19.2. The maximum Gasteiger partial charge on any atom is 0.337 e. The molecule has 0 aliphatic rings. The number of aromatic carboxylic acids is 1. The molecule has 0 aliphatic carbocycles. The second kappa shape index (κ2) is 6.06. The van der Waals surface area contributed by atoms with E-state index in [2.05, 4.69) is 15.1 Å². The van der Waals surface area contributed by atoms with Crippen molar-refractivity contribution in [2.45, 2.75) is 25.9 Å². The summed E-state index contributed by atoms with van der Waals surface area (Å²) in [6.07, 6.45) is 0. The van der Waals surface area contributed by atoms with E-state index in [4.69, 9.17) is 0 Å². The number of carboxylic acid groups (broad SMARTS) is 1. The van der Waals surface area contributed by atoms with E-state index >= 15 is 0 Å². The first-order valence-electron chi connectivity index (χ1n) is 7.66. The minimum atomic E-state index is -4.18. The van der Waals surface area contributed by atoms with Crippen LogP contribution in [0.2, 0.25) is 0 Å². The molecule has 2 heterocycles. The van der Waals surface area contributed by atoms with Gasteiger partial charge < -0.3 is 5.11 Å². The molecule has 26 heavy (non-hydrogen) atoms. The second-order valence-corrected chi connectivity index (χ2v) is 7.76. The van der Waals surface area contributed by atoms with Gasteiger partial charge in [-0.15, -0.1) is 5.10 Å². The van der Waals surface area contributed by atoms with Crippen molar-refractivity contribution < 1.29 is 18.3 Å². The monoisotopic (exact) mass is 375 g/mol. The number of aromatic nitrogens is 4. The quantitative estimate of drug-likeness (QED) is 0.735. The van der Waals surface area contributed by atoms with Crippen molar-refractivity contribution in [3.63, 3.8) is 0 Å². The Morgan fingerprint density at radius 3 is 2.54 bits per heavy atom. The smallest absolute Gasteiger partial charge is 0.337 e.